The highest BCUT2D eigenvalue weighted by Gasteiger charge is 2.19. The maximum absolute atomic E-state index is 13.0. The van der Waals surface area contributed by atoms with Crippen LogP contribution in [0.15, 0.2) is 72.9 Å². The molecule has 0 rings (SSSR count). The first kappa shape index (κ1) is 77.9. The average Bonchev–Trinajstić information content (AvgIpc) is 3.46. The Hall–Kier alpha value is -3.15. The van der Waals surface area contributed by atoms with Gasteiger partial charge < -0.3 is 14.2 Å². The smallest absolute Gasteiger partial charge is 0.306 e. The van der Waals surface area contributed by atoms with Crippen LogP contribution in [0.2, 0.25) is 0 Å². The lowest BCUT2D eigenvalue weighted by atomic mass is 10.0. The highest BCUT2D eigenvalue weighted by atomic mass is 16.6. The van der Waals surface area contributed by atoms with Crippen molar-refractivity contribution in [3.63, 3.8) is 0 Å². The summed E-state index contributed by atoms with van der Waals surface area (Å²) in [4.78, 5) is 38.4. The van der Waals surface area contributed by atoms with E-state index in [2.05, 4.69) is 93.7 Å². The van der Waals surface area contributed by atoms with Crippen LogP contribution in [0.3, 0.4) is 0 Å². The van der Waals surface area contributed by atoms with E-state index in [4.69, 9.17) is 14.2 Å². The molecule has 0 saturated heterocycles. The maximum atomic E-state index is 13.0. The van der Waals surface area contributed by atoms with E-state index in [0.29, 0.717) is 19.3 Å². The van der Waals surface area contributed by atoms with E-state index in [0.717, 1.165) is 96.3 Å². The number of ether oxygens (including phenoxy) is 3. The largest absolute Gasteiger partial charge is 0.462 e. The van der Waals surface area contributed by atoms with Gasteiger partial charge in [-0.05, 0) is 109 Å². The summed E-state index contributed by atoms with van der Waals surface area (Å²) in [5.41, 5.74) is 0. The van der Waals surface area contributed by atoms with Crippen LogP contribution in [-0.4, -0.2) is 37.2 Å². The van der Waals surface area contributed by atoms with Gasteiger partial charge in [-0.25, -0.2) is 0 Å². The van der Waals surface area contributed by atoms with Crippen LogP contribution in [0.5, 0.6) is 0 Å². The Kier molecular flexibility index (Phi) is 66.6. The molecule has 0 aromatic rings. The molecule has 0 aliphatic heterocycles. The number of rotatable bonds is 65. The second-order valence-corrected chi connectivity index (χ2v) is 23.8. The average molecular weight is 1130 g/mol. The highest BCUT2D eigenvalue weighted by Crippen LogP contribution is 2.17. The van der Waals surface area contributed by atoms with Gasteiger partial charge >= 0.3 is 17.9 Å². The number of carbonyl (C=O) groups excluding carboxylic acids is 3. The van der Waals surface area contributed by atoms with Gasteiger partial charge in [0.25, 0.3) is 0 Å². The normalized spacial score (nSPS) is 12.5. The molecule has 6 heteroatoms. The molecule has 0 bridgehead atoms. The summed E-state index contributed by atoms with van der Waals surface area (Å²) in [6.07, 6.45) is 90.7. The Labute approximate surface area is 503 Å². The first-order valence-corrected chi connectivity index (χ1v) is 35.4. The lowest BCUT2D eigenvalue weighted by Crippen LogP contribution is -2.30. The Balaban J connectivity index is 4.27. The molecule has 0 heterocycles. The monoisotopic (exact) mass is 1130 g/mol. The van der Waals surface area contributed by atoms with Crippen LogP contribution in [0, 0.1) is 0 Å². The van der Waals surface area contributed by atoms with Gasteiger partial charge in [0.15, 0.2) is 6.10 Å². The molecule has 0 aromatic heterocycles. The van der Waals surface area contributed by atoms with Crippen LogP contribution in [0.1, 0.15) is 367 Å². The van der Waals surface area contributed by atoms with Crippen LogP contribution < -0.4 is 0 Å². The minimum absolute atomic E-state index is 0.0799. The summed E-state index contributed by atoms with van der Waals surface area (Å²) >= 11 is 0. The lowest BCUT2D eigenvalue weighted by molar-refractivity contribution is -0.167. The van der Waals surface area contributed by atoms with Gasteiger partial charge in [-0.1, -0.05) is 312 Å². The molecule has 0 spiro atoms. The Morgan fingerprint density at radius 3 is 0.753 bits per heavy atom. The Bertz CT molecular complexity index is 1490. The van der Waals surface area contributed by atoms with Crippen molar-refractivity contribution in [2.24, 2.45) is 0 Å². The van der Waals surface area contributed by atoms with E-state index in [1.54, 1.807) is 0 Å². The number of hydrogen-bond donors (Lipinski definition) is 0. The van der Waals surface area contributed by atoms with Gasteiger partial charge in [0.1, 0.15) is 13.2 Å². The topological polar surface area (TPSA) is 78.9 Å². The van der Waals surface area contributed by atoms with Crippen molar-refractivity contribution in [2.75, 3.05) is 13.2 Å². The van der Waals surface area contributed by atoms with Gasteiger partial charge in [-0.15, -0.1) is 0 Å². The van der Waals surface area contributed by atoms with Crippen molar-refractivity contribution in [1.82, 2.24) is 0 Å². The van der Waals surface area contributed by atoms with Crippen molar-refractivity contribution in [1.29, 1.82) is 0 Å². The van der Waals surface area contributed by atoms with E-state index in [9.17, 15) is 14.4 Å². The predicted octanol–water partition coefficient (Wildman–Crippen LogP) is 24.4. The van der Waals surface area contributed by atoms with Gasteiger partial charge in [0.05, 0.1) is 0 Å². The van der Waals surface area contributed by atoms with Crippen LogP contribution in [0.25, 0.3) is 0 Å². The number of allylic oxidation sites excluding steroid dienone is 12. The van der Waals surface area contributed by atoms with Crippen molar-refractivity contribution < 1.29 is 28.6 Å². The molecule has 0 fully saturated rings. The maximum Gasteiger partial charge on any atom is 0.306 e. The van der Waals surface area contributed by atoms with Crippen molar-refractivity contribution >= 4 is 17.9 Å². The zero-order chi connectivity index (χ0) is 58.5. The van der Waals surface area contributed by atoms with Crippen molar-refractivity contribution in [3.05, 3.63) is 72.9 Å². The minimum atomic E-state index is -0.784. The van der Waals surface area contributed by atoms with Gasteiger partial charge in [-0.3, -0.25) is 14.4 Å². The number of unbranched alkanes of at least 4 members (excludes halogenated alkanes) is 42. The van der Waals surface area contributed by atoms with Crippen LogP contribution >= 0.6 is 0 Å². The Morgan fingerprint density at radius 1 is 0.247 bits per heavy atom. The molecule has 81 heavy (non-hydrogen) atoms. The third kappa shape index (κ3) is 67.5. The van der Waals surface area contributed by atoms with E-state index >= 15 is 0 Å². The summed E-state index contributed by atoms with van der Waals surface area (Å²) < 4.78 is 17.0. The molecule has 0 aliphatic carbocycles. The lowest BCUT2D eigenvalue weighted by Gasteiger charge is -2.18. The van der Waals surface area contributed by atoms with Crippen LogP contribution in [-0.2, 0) is 28.6 Å². The zero-order valence-corrected chi connectivity index (χ0v) is 54.1. The fraction of sp³-hybridized carbons (Fsp3) is 0.800. The van der Waals surface area contributed by atoms with Crippen molar-refractivity contribution in [3.8, 4) is 0 Å². The molecule has 0 amide bonds. The zero-order valence-electron chi connectivity index (χ0n) is 54.1. The second-order valence-electron chi connectivity index (χ2n) is 23.8. The molecule has 0 radical (unpaired) electrons. The standard InChI is InChI=1S/C75H134O6/c1-4-7-10-13-16-19-22-25-27-29-31-33-35-37-39-41-43-45-47-50-53-56-59-62-65-68-74(77)80-71-72(70-79-73(76)67-64-61-58-55-52-49-24-21-18-15-12-9-6-3)81-75(78)69-66-63-60-57-54-51-48-46-44-42-40-38-36-34-32-30-28-26-23-20-17-14-11-8-5-2/h12,15,21-22,24-25,29-32,35,37,72H,4-11,13-14,16-20,23,26-28,33-34,36,38-71H2,1-3H3/b15-12-,24-21-,25-22-,31-29-,32-30-,37-35-. The van der Waals surface area contributed by atoms with E-state index in [1.807, 2.05) is 0 Å². The minimum Gasteiger partial charge on any atom is -0.462 e. The molecule has 0 aliphatic rings. The number of hydrogen-bond acceptors (Lipinski definition) is 6. The molecule has 1 atom stereocenters. The summed E-state index contributed by atoms with van der Waals surface area (Å²) in [6.45, 7) is 6.60. The van der Waals surface area contributed by atoms with E-state index in [-0.39, 0.29) is 31.1 Å². The second kappa shape index (κ2) is 69.3. The first-order valence-electron chi connectivity index (χ1n) is 35.4. The molecular formula is C75H134O6. The molecular weight excluding hydrogens is 997 g/mol. The fourth-order valence-electron chi connectivity index (χ4n) is 10.3. The molecule has 6 nitrogen and oxygen atoms in total. The van der Waals surface area contributed by atoms with Gasteiger partial charge in [-0.2, -0.15) is 0 Å². The molecule has 0 N–H and O–H groups in total. The fourth-order valence-corrected chi connectivity index (χ4v) is 10.3. The predicted molar refractivity (Wildman–Crippen MR) is 353 cm³/mol. The molecule has 0 saturated carbocycles. The van der Waals surface area contributed by atoms with Crippen molar-refractivity contribution in [2.45, 2.75) is 374 Å². The number of carbonyl (C=O) groups is 3. The third-order valence-electron chi connectivity index (χ3n) is 15.6. The summed E-state index contributed by atoms with van der Waals surface area (Å²) in [5.74, 6) is -0.879. The summed E-state index contributed by atoms with van der Waals surface area (Å²) in [6, 6.07) is 0. The highest BCUT2D eigenvalue weighted by molar-refractivity contribution is 5.71. The quantitative estimate of drug-likeness (QED) is 0.0261. The van der Waals surface area contributed by atoms with Gasteiger partial charge in [0, 0.05) is 19.3 Å². The van der Waals surface area contributed by atoms with Gasteiger partial charge in [0.2, 0.25) is 0 Å². The molecule has 470 valence electrons. The molecule has 0 aromatic carbocycles. The van der Waals surface area contributed by atoms with E-state index < -0.39 is 6.10 Å². The third-order valence-corrected chi connectivity index (χ3v) is 15.6. The Morgan fingerprint density at radius 2 is 0.469 bits per heavy atom. The first-order chi connectivity index (χ1) is 40.0. The summed E-state index contributed by atoms with van der Waals surface area (Å²) in [5, 5.41) is 0. The van der Waals surface area contributed by atoms with Crippen LogP contribution in [0.4, 0.5) is 0 Å². The summed E-state index contributed by atoms with van der Waals surface area (Å²) in [7, 11) is 0. The van der Waals surface area contributed by atoms with E-state index in [1.165, 1.54) is 231 Å². The SMILES string of the molecule is CCC/C=C\C/C=C\CCCCCCCC(=O)OCC(COC(=O)CCCCCCCCCCCC/C=C\C/C=C\C/C=C\CCCCCCC)OC(=O)CCCCCCCCCCCCCCC/C=C\CCCCCCCCCC. The number of esters is 3. The molecule has 1 unspecified atom stereocenters.